The second kappa shape index (κ2) is 8.02. The summed E-state index contributed by atoms with van der Waals surface area (Å²) in [4.78, 5) is 14.0. The van der Waals surface area contributed by atoms with Crippen molar-refractivity contribution in [3.8, 4) is 5.75 Å². The molecule has 0 atom stereocenters. The first kappa shape index (κ1) is 18.5. The molecule has 4 rings (SSSR count). The van der Waals surface area contributed by atoms with Gasteiger partial charge in [0, 0.05) is 61.8 Å². The van der Waals surface area contributed by atoms with E-state index in [0.717, 1.165) is 59.9 Å². The van der Waals surface area contributed by atoms with Crippen molar-refractivity contribution in [1.29, 1.82) is 0 Å². The van der Waals surface area contributed by atoms with Crippen molar-refractivity contribution in [2.45, 2.75) is 13.5 Å². The number of anilines is 2. The number of aromatic nitrogens is 2. The third kappa shape index (κ3) is 3.60. The maximum absolute atomic E-state index is 5.48. The molecule has 3 heterocycles. The van der Waals surface area contributed by atoms with E-state index in [2.05, 4.69) is 51.2 Å². The van der Waals surface area contributed by atoms with E-state index in [4.69, 9.17) is 4.74 Å². The predicted octanol–water partition coefficient (Wildman–Crippen LogP) is 3.31. The van der Waals surface area contributed by atoms with Crippen LogP contribution in [0, 0.1) is 6.92 Å². The number of benzene rings is 1. The maximum atomic E-state index is 5.48. The Bertz CT molecular complexity index is 966. The van der Waals surface area contributed by atoms with Crippen molar-refractivity contribution in [2.24, 2.45) is 0 Å². The Balaban J connectivity index is 1.61. The van der Waals surface area contributed by atoms with Crippen LogP contribution in [-0.4, -0.2) is 55.2 Å². The van der Waals surface area contributed by atoms with Crippen molar-refractivity contribution in [3.63, 3.8) is 0 Å². The molecule has 6 nitrogen and oxygen atoms in total. The van der Waals surface area contributed by atoms with Crippen LogP contribution in [0.2, 0.25) is 0 Å². The molecular weight excluding hydrogens is 350 g/mol. The number of piperazine rings is 1. The number of likely N-dealkylation sites (N-methyl/N-ethyl adjacent to an activating group) is 1. The standard InChI is InChI=1S/C22H27N5O/c1-16-14-24-21-18(7-4-8-19(21)28-3)20(16)25-15-17-6-5-9-23-22(17)27-12-10-26(2)11-13-27/h4-9,14H,10-13,15H2,1-3H3,(H,24,25). The zero-order valence-electron chi connectivity index (χ0n) is 16.8. The second-order valence-electron chi connectivity index (χ2n) is 7.30. The van der Waals surface area contributed by atoms with Gasteiger partial charge in [-0.3, -0.25) is 4.98 Å². The van der Waals surface area contributed by atoms with Crippen LogP contribution in [0.25, 0.3) is 10.9 Å². The van der Waals surface area contributed by atoms with Crippen molar-refractivity contribution >= 4 is 22.4 Å². The monoisotopic (exact) mass is 377 g/mol. The normalized spacial score (nSPS) is 15.0. The van der Waals surface area contributed by atoms with Gasteiger partial charge in [0.15, 0.2) is 0 Å². The van der Waals surface area contributed by atoms with Crippen LogP contribution in [-0.2, 0) is 6.54 Å². The Labute approximate surface area is 166 Å². The lowest BCUT2D eigenvalue weighted by molar-refractivity contribution is 0.312. The summed E-state index contributed by atoms with van der Waals surface area (Å²) >= 11 is 0. The van der Waals surface area contributed by atoms with E-state index < -0.39 is 0 Å². The number of para-hydroxylation sites is 1. The lowest BCUT2D eigenvalue weighted by Gasteiger charge is -2.34. The number of fused-ring (bicyclic) bond motifs is 1. The molecule has 0 saturated carbocycles. The third-order valence-electron chi connectivity index (χ3n) is 5.40. The smallest absolute Gasteiger partial charge is 0.145 e. The van der Waals surface area contributed by atoms with Crippen molar-refractivity contribution in [1.82, 2.24) is 14.9 Å². The molecule has 1 fully saturated rings. The molecule has 1 saturated heterocycles. The Morgan fingerprint density at radius 3 is 2.68 bits per heavy atom. The first-order valence-corrected chi connectivity index (χ1v) is 9.71. The van der Waals surface area contributed by atoms with E-state index in [1.165, 1.54) is 5.56 Å². The van der Waals surface area contributed by atoms with E-state index in [9.17, 15) is 0 Å². The van der Waals surface area contributed by atoms with Gasteiger partial charge in [-0.25, -0.2) is 4.98 Å². The molecule has 1 aromatic carbocycles. The van der Waals surface area contributed by atoms with Crippen LogP contribution >= 0.6 is 0 Å². The van der Waals surface area contributed by atoms with E-state index in [-0.39, 0.29) is 0 Å². The van der Waals surface area contributed by atoms with Gasteiger partial charge in [-0.05, 0) is 31.7 Å². The highest BCUT2D eigenvalue weighted by atomic mass is 16.5. The predicted molar refractivity (Wildman–Crippen MR) is 114 cm³/mol. The summed E-state index contributed by atoms with van der Waals surface area (Å²) in [6.07, 6.45) is 3.78. The van der Waals surface area contributed by atoms with Gasteiger partial charge >= 0.3 is 0 Å². The maximum Gasteiger partial charge on any atom is 0.145 e. The summed E-state index contributed by atoms with van der Waals surface area (Å²) in [5.74, 6) is 1.87. The van der Waals surface area contributed by atoms with E-state index in [0.29, 0.717) is 6.54 Å². The average Bonchev–Trinajstić information content (AvgIpc) is 2.73. The highest BCUT2D eigenvalue weighted by Gasteiger charge is 2.18. The molecule has 3 aromatic rings. The molecule has 2 aromatic heterocycles. The molecule has 0 amide bonds. The number of hydrogen-bond acceptors (Lipinski definition) is 6. The van der Waals surface area contributed by atoms with Crippen molar-refractivity contribution < 1.29 is 4.74 Å². The number of nitrogens with one attached hydrogen (secondary N) is 1. The lowest BCUT2D eigenvalue weighted by atomic mass is 10.1. The largest absolute Gasteiger partial charge is 0.494 e. The molecule has 0 aliphatic carbocycles. The number of aryl methyl sites for hydroxylation is 1. The second-order valence-corrected chi connectivity index (χ2v) is 7.30. The van der Waals surface area contributed by atoms with Gasteiger partial charge in [0.1, 0.15) is 17.1 Å². The topological polar surface area (TPSA) is 53.5 Å². The van der Waals surface area contributed by atoms with Gasteiger partial charge in [-0.1, -0.05) is 18.2 Å². The molecule has 6 heteroatoms. The number of methoxy groups -OCH3 is 1. The molecule has 1 aliphatic rings. The van der Waals surface area contributed by atoms with E-state index in [1.54, 1.807) is 7.11 Å². The number of nitrogens with zero attached hydrogens (tertiary/aromatic N) is 4. The molecular formula is C22H27N5O. The Morgan fingerprint density at radius 2 is 1.89 bits per heavy atom. The SMILES string of the molecule is COc1cccc2c(NCc3cccnc3N3CCN(C)CC3)c(C)cnc12. The van der Waals surface area contributed by atoms with Gasteiger partial charge in [-0.2, -0.15) is 0 Å². The Morgan fingerprint density at radius 1 is 1.07 bits per heavy atom. The van der Waals surface area contributed by atoms with Crippen LogP contribution in [0.15, 0.2) is 42.7 Å². The molecule has 0 bridgehead atoms. The van der Waals surface area contributed by atoms with Crippen LogP contribution < -0.4 is 15.0 Å². The zero-order chi connectivity index (χ0) is 19.5. The molecule has 28 heavy (non-hydrogen) atoms. The summed E-state index contributed by atoms with van der Waals surface area (Å²) in [6, 6.07) is 10.2. The fourth-order valence-corrected chi connectivity index (χ4v) is 3.75. The minimum absolute atomic E-state index is 0.715. The minimum atomic E-state index is 0.715. The Hall–Kier alpha value is -2.86. The van der Waals surface area contributed by atoms with E-state index in [1.807, 2.05) is 30.6 Å². The van der Waals surface area contributed by atoms with Gasteiger partial charge in [0.05, 0.1) is 7.11 Å². The summed E-state index contributed by atoms with van der Waals surface area (Å²) in [6.45, 7) is 6.95. The molecule has 1 N–H and O–H groups in total. The summed E-state index contributed by atoms with van der Waals surface area (Å²) in [5.41, 5.74) is 4.30. The molecule has 0 spiro atoms. The summed E-state index contributed by atoms with van der Waals surface area (Å²) in [7, 11) is 3.85. The number of hydrogen-bond donors (Lipinski definition) is 1. The fourth-order valence-electron chi connectivity index (χ4n) is 3.75. The van der Waals surface area contributed by atoms with Gasteiger partial charge in [0.25, 0.3) is 0 Å². The van der Waals surface area contributed by atoms with Crippen molar-refractivity contribution in [2.75, 3.05) is 50.6 Å². The molecule has 0 unspecified atom stereocenters. The van der Waals surface area contributed by atoms with Crippen LogP contribution in [0.5, 0.6) is 5.75 Å². The summed E-state index contributed by atoms with van der Waals surface area (Å²) in [5, 5.41) is 4.71. The highest BCUT2D eigenvalue weighted by Crippen LogP contribution is 2.32. The van der Waals surface area contributed by atoms with Gasteiger partial charge in [0.2, 0.25) is 0 Å². The van der Waals surface area contributed by atoms with Crippen molar-refractivity contribution in [3.05, 3.63) is 53.9 Å². The Kier molecular flexibility index (Phi) is 5.30. The number of pyridine rings is 2. The van der Waals surface area contributed by atoms with E-state index >= 15 is 0 Å². The number of rotatable bonds is 5. The van der Waals surface area contributed by atoms with Crippen LogP contribution in [0.4, 0.5) is 11.5 Å². The molecule has 146 valence electrons. The summed E-state index contributed by atoms with van der Waals surface area (Å²) < 4.78 is 5.48. The van der Waals surface area contributed by atoms with Crippen LogP contribution in [0.3, 0.4) is 0 Å². The van der Waals surface area contributed by atoms with Crippen LogP contribution in [0.1, 0.15) is 11.1 Å². The fraction of sp³-hybridized carbons (Fsp3) is 0.364. The van der Waals surface area contributed by atoms with Gasteiger partial charge < -0.3 is 19.9 Å². The van der Waals surface area contributed by atoms with Gasteiger partial charge in [-0.15, -0.1) is 0 Å². The first-order chi connectivity index (χ1) is 13.7. The minimum Gasteiger partial charge on any atom is -0.494 e. The quantitative estimate of drug-likeness (QED) is 0.736. The first-order valence-electron chi connectivity index (χ1n) is 9.71. The zero-order valence-corrected chi connectivity index (χ0v) is 16.8. The molecule has 1 aliphatic heterocycles. The highest BCUT2D eigenvalue weighted by molar-refractivity contribution is 5.96. The average molecular weight is 377 g/mol. The lowest BCUT2D eigenvalue weighted by Crippen LogP contribution is -2.45. The third-order valence-corrected chi connectivity index (χ3v) is 5.40. The number of ether oxygens (including phenoxy) is 1. The molecule has 0 radical (unpaired) electrons.